The second-order valence-corrected chi connectivity index (χ2v) is 10.3. The van der Waals surface area contributed by atoms with Gasteiger partial charge in [0, 0.05) is 0 Å². The number of nitrogens with one attached hydrogen (secondary N) is 1. The number of anilines is 1. The van der Waals surface area contributed by atoms with Crippen LogP contribution in [0.4, 0.5) is 5.95 Å². The summed E-state index contributed by atoms with van der Waals surface area (Å²) >= 11 is -0.563. The first-order valence-corrected chi connectivity index (χ1v) is 12.2. The Morgan fingerprint density at radius 1 is 1.29 bits per heavy atom. The van der Waals surface area contributed by atoms with Gasteiger partial charge in [-0.3, -0.25) is 0 Å². The van der Waals surface area contributed by atoms with Gasteiger partial charge in [-0.25, -0.2) is 0 Å². The fourth-order valence-corrected chi connectivity index (χ4v) is 5.43. The molecule has 0 aromatic carbocycles. The van der Waals surface area contributed by atoms with Crippen LogP contribution in [0.1, 0.15) is 52.6 Å². The normalized spacial score (nSPS) is 13.7. The second kappa shape index (κ2) is 8.58. The zero-order valence-electron chi connectivity index (χ0n) is 17.1. The topological polar surface area (TPSA) is 88.8 Å². The van der Waals surface area contributed by atoms with Crippen molar-refractivity contribution in [1.29, 1.82) is 0 Å². The number of nitrogens with zero attached hydrogens (tertiary/aromatic N) is 5. The molecule has 3 rings (SSSR count). The Kier molecular flexibility index (Phi) is 6.36. The van der Waals surface area contributed by atoms with E-state index in [1.165, 1.54) is 5.56 Å². The molecule has 3 heterocycles. The summed E-state index contributed by atoms with van der Waals surface area (Å²) in [5, 5.41) is 14.7. The molecule has 0 saturated heterocycles. The van der Waals surface area contributed by atoms with Gasteiger partial charge in [0.25, 0.3) is 0 Å². The van der Waals surface area contributed by atoms with Gasteiger partial charge < -0.3 is 0 Å². The first-order valence-electron chi connectivity index (χ1n) is 9.65. The molecular weight excluding hydrogens is 415 g/mol. The van der Waals surface area contributed by atoms with Gasteiger partial charge in [-0.1, -0.05) is 0 Å². The summed E-state index contributed by atoms with van der Waals surface area (Å²) < 4.78 is 3.11. The summed E-state index contributed by atoms with van der Waals surface area (Å²) in [5.74, 6) is 0.564. The average Bonchev–Trinajstić information content (AvgIpc) is 3.08. The molecule has 3 aromatic rings. The molecule has 0 saturated carbocycles. The van der Waals surface area contributed by atoms with E-state index in [-0.39, 0.29) is 12.1 Å². The Morgan fingerprint density at radius 2 is 2.07 bits per heavy atom. The van der Waals surface area contributed by atoms with Crippen LogP contribution in [0.2, 0.25) is 0 Å². The van der Waals surface area contributed by atoms with Crippen molar-refractivity contribution in [2.24, 2.45) is 0 Å². The molecular formula is C20H29AsN6O. The summed E-state index contributed by atoms with van der Waals surface area (Å²) in [5.41, 5.74) is 2.09. The van der Waals surface area contributed by atoms with Gasteiger partial charge in [0.1, 0.15) is 0 Å². The Hall–Kier alpha value is -1.98. The van der Waals surface area contributed by atoms with Crippen LogP contribution < -0.4 is 9.80 Å². The van der Waals surface area contributed by atoms with Crippen LogP contribution in [0, 0.1) is 0 Å². The molecule has 2 unspecified atom stereocenters. The Balaban J connectivity index is 1.98. The Bertz CT molecular complexity index is 920. The van der Waals surface area contributed by atoms with E-state index in [1.54, 1.807) is 6.20 Å². The summed E-state index contributed by atoms with van der Waals surface area (Å²) in [6, 6.07) is 4.19. The van der Waals surface area contributed by atoms with E-state index in [1.807, 2.05) is 39.4 Å². The Labute approximate surface area is 172 Å². The van der Waals surface area contributed by atoms with Crippen LogP contribution in [-0.2, 0) is 5.21 Å². The van der Waals surface area contributed by atoms with Crippen molar-refractivity contribution in [1.82, 2.24) is 24.5 Å². The molecule has 0 amide bonds. The van der Waals surface area contributed by atoms with Gasteiger partial charge in [-0.2, -0.15) is 0 Å². The number of pyridine rings is 1. The minimum atomic E-state index is -0.864. The molecule has 8 heteroatoms. The van der Waals surface area contributed by atoms with Crippen molar-refractivity contribution in [2.75, 3.05) is 5.32 Å². The maximum absolute atomic E-state index is 10.4. The molecule has 0 bridgehead atoms. The van der Waals surface area contributed by atoms with E-state index >= 15 is 0 Å². The number of aromatic nitrogens is 5. The van der Waals surface area contributed by atoms with E-state index in [0.717, 1.165) is 27.3 Å². The first kappa shape index (κ1) is 20.7. The monoisotopic (exact) mass is 444 g/mol. The third-order valence-electron chi connectivity index (χ3n) is 4.72. The van der Waals surface area contributed by atoms with Gasteiger partial charge >= 0.3 is 173 Å². The number of aliphatic hydroxyl groups is 1. The van der Waals surface area contributed by atoms with E-state index < -0.39 is 21.4 Å². The van der Waals surface area contributed by atoms with Gasteiger partial charge in [0.2, 0.25) is 0 Å². The quantitative estimate of drug-likeness (QED) is 0.517. The third kappa shape index (κ3) is 4.70. The summed E-state index contributed by atoms with van der Waals surface area (Å²) in [6.07, 6.45) is 6.33. The number of hydrogen-bond acceptors (Lipinski definition) is 6. The molecule has 3 aromatic heterocycles. The molecule has 2 N–H and O–H groups in total. The van der Waals surface area contributed by atoms with Crippen LogP contribution in [0.5, 0.6) is 0 Å². The van der Waals surface area contributed by atoms with Crippen molar-refractivity contribution in [3.8, 4) is 0 Å². The van der Waals surface area contributed by atoms with E-state index in [4.69, 9.17) is 9.97 Å². The zero-order chi connectivity index (χ0) is 20.3. The summed E-state index contributed by atoms with van der Waals surface area (Å²) in [7, 11) is 0. The third-order valence-corrected chi connectivity index (χ3v) is 7.39. The molecule has 0 aliphatic heterocycles. The predicted molar refractivity (Wildman–Crippen MR) is 114 cm³/mol. The van der Waals surface area contributed by atoms with Crippen LogP contribution in [0.25, 0.3) is 11.2 Å². The molecule has 0 radical (unpaired) electrons. The molecule has 0 spiro atoms. The molecule has 150 valence electrons. The fraction of sp³-hybridized carbons (Fsp3) is 0.500. The van der Waals surface area contributed by atoms with E-state index in [2.05, 4.69) is 39.8 Å². The average molecular weight is 444 g/mol. The van der Waals surface area contributed by atoms with Gasteiger partial charge in [-0.15, -0.1) is 0 Å². The van der Waals surface area contributed by atoms with Crippen molar-refractivity contribution >= 4 is 37.3 Å². The fourth-order valence-electron chi connectivity index (χ4n) is 3.10. The first-order chi connectivity index (χ1) is 13.3. The standard InChI is InChI=1S/C20H29AsN6O/c1-6-15(20(4,5)28)24-19-25-17(21-10-14-8-7-9-22-11-14)16-18(26-19)27(12-23-16)13(2)3/h7-9,11-13,15,21,28H,6,10H2,1-5H3,(H,24,25,26). The number of hydrogen-bond donors (Lipinski definition) is 2. The number of imidazole rings is 1. The predicted octanol–water partition coefficient (Wildman–Crippen LogP) is 2.03. The van der Waals surface area contributed by atoms with Crippen LogP contribution in [0.15, 0.2) is 30.9 Å². The SMILES string of the molecule is CCC(Nc1nc([AsH]Cc2cccnc2)c2ncn(C(C)C)c2n1)C(C)(C)O. The summed E-state index contributed by atoms with van der Waals surface area (Å²) in [4.78, 5) is 18.4. The van der Waals surface area contributed by atoms with Gasteiger partial charge in [-0.05, 0) is 0 Å². The van der Waals surface area contributed by atoms with E-state index in [9.17, 15) is 5.11 Å². The van der Waals surface area contributed by atoms with E-state index in [0.29, 0.717) is 5.95 Å². The van der Waals surface area contributed by atoms with Crippen molar-refractivity contribution < 1.29 is 5.11 Å². The van der Waals surface area contributed by atoms with Crippen LogP contribution in [-0.4, -0.2) is 57.0 Å². The number of rotatable bonds is 8. The number of fused-ring (bicyclic) bond motifs is 1. The van der Waals surface area contributed by atoms with Crippen molar-refractivity contribution in [2.45, 2.75) is 63.9 Å². The van der Waals surface area contributed by atoms with Crippen molar-refractivity contribution in [3.05, 3.63) is 36.4 Å². The van der Waals surface area contributed by atoms with Gasteiger partial charge in [0.05, 0.1) is 0 Å². The van der Waals surface area contributed by atoms with Crippen LogP contribution in [0.3, 0.4) is 0 Å². The maximum atomic E-state index is 10.4. The zero-order valence-corrected chi connectivity index (χ0v) is 19.2. The second-order valence-electron chi connectivity index (χ2n) is 7.79. The molecule has 28 heavy (non-hydrogen) atoms. The summed E-state index contributed by atoms with van der Waals surface area (Å²) in [6.45, 7) is 9.90. The van der Waals surface area contributed by atoms with Crippen LogP contribution >= 0.6 is 0 Å². The molecule has 7 nitrogen and oxygen atoms in total. The van der Waals surface area contributed by atoms with Crippen molar-refractivity contribution in [3.63, 3.8) is 0 Å². The van der Waals surface area contributed by atoms with Gasteiger partial charge in [0.15, 0.2) is 0 Å². The Morgan fingerprint density at radius 3 is 2.68 bits per heavy atom. The molecule has 0 aliphatic rings. The molecule has 0 aliphatic carbocycles. The molecule has 2 atom stereocenters. The minimum absolute atomic E-state index is 0.133. The molecule has 0 fully saturated rings.